The summed E-state index contributed by atoms with van der Waals surface area (Å²) >= 11 is 1.56. The molecule has 3 heterocycles. The first-order valence-corrected chi connectivity index (χ1v) is 10.1. The van der Waals surface area contributed by atoms with Crippen molar-refractivity contribution in [3.63, 3.8) is 0 Å². The van der Waals surface area contributed by atoms with Gasteiger partial charge in [0.15, 0.2) is 0 Å². The lowest BCUT2D eigenvalue weighted by atomic mass is 9.97. The molecule has 0 aliphatic carbocycles. The van der Waals surface area contributed by atoms with Crippen molar-refractivity contribution < 1.29 is 14.0 Å². The van der Waals surface area contributed by atoms with Crippen LogP contribution < -0.4 is 10.6 Å². The van der Waals surface area contributed by atoms with E-state index in [1.54, 1.807) is 11.3 Å². The van der Waals surface area contributed by atoms with E-state index in [2.05, 4.69) is 20.8 Å². The maximum Gasteiger partial charge on any atom is 0.248 e. The second-order valence-corrected chi connectivity index (χ2v) is 7.55. The number of carbonyl (C=O) groups is 2. The van der Waals surface area contributed by atoms with Gasteiger partial charge in [-0.2, -0.15) is 11.3 Å². The van der Waals surface area contributed by atoms with Gasteiger partial charge in [0.2, 0.25) is 23.6 Å². The average molecular weight is 396 g/mol. The van der Waals surface area contributed by atoms with Gasteiger partial charge in [-0.25, -0.2) is 0 Å². The van der Waals surface area contributed by atoms with Crippen LogP contribution in [0, 0.1) is 0 Å². The molecule has 0 unspecified atom stereocenters. The van der Waals surface area contributed by atoms with Crippen LogP contribution in [0.3, 0.4) is 0 Å². The minimum Gasteiger partial charge on any atom is -0.421 e. The first kappa shape index (κ1) is 18.4. The van der Waals surface area contributed by atoms with Gasteiger partial charge in [-0.05, 0) is 42.0 Å². The highest BCUT2D eigenvalue weighted by molar-refractivity contribution is 7.08. The number of fused-ring (bicyclic) bond motifs is 1. The molecule has 0 bridgehead atoms. The van der Waals surface area contributed by atoms with E-state index >= 15 is 0 Å². The second kappa shape index (κ2) is 7.93. The number of amides is 2. The Labute approximate surface area is 166 Å². The smallest absolute Gasteiger partial charge is 0.248 e. The van der Waals surface area contributed by atoms with Crippen LogP contribution in [0.1, 0.15) is 42.8 Å². The third-order valence-electron chi connectivity index (χ3n) is 4.70. The average Bonchev–Trinajstić information content (AvgIpc) is 3.37. The zero-order valence-electron chi connectivity index (χ0n) is 15.4. The molecule has 4 rings (SSSR count). The van der Waals surface area contributed by atoms with Gasteiger partial charge < -0.3 is 15.1 Å². The van der Waals surface area contributed by atoms with Crippen LogP contribution in [-0.4, -0.2) is 22.0 Å². The molecule has 0 saturated carbocycles. The standard InChI is InChI=1S/C20H20N4O3S/c1-12(13-2-4-16-14(10-13)3-5-18(26)22-16)21-17(25)6-7-19-23-24-20(27-19)15-8-9-28-11-15/h2,4,8-12H,3,5-7H2,1H3,(H,21,25)(H,22,26)/t12-/m1/s1. The summed E-state index contributed by atoms with van der Waals surface area (Å²) in [5.74, 6) is 0.901. The Morgan fingerprint density at radius 1 is 1.32 bits per heavy atom. The third-order valence-corrected chi connectivity index (χ3v) is 5.39. The van der Waals surface area contributed by atoms with Crippen LogP contribution >= 0.6 is 11.3 Å². The molecule has 2 N–H and O–H groups in total. The normalized spacial score (nSPS) is 14.2. The zero-order valence-corrected chi connectivity index (χ0v) is 16.2. The molecule has 8 heteroatoms. The van der Waals surface area contributed by atoms with Crippen LogP contribution in [0.2, 0.25) is 0 Å². The summed E-state index contributed by atoms with van der Waals surface area (Å²) in [6.07, 6.45) is 1.89. The predicted octanol–water partition coefficient (Wildman–Crippen LogP) is 3.49. The monoisotopic (exact) mass is 396 g/mol. The minimum atomic E-state index is -0.125. The Morgan fingerprint density at radius 2 is 2.21 bits per heavy atom. The number of nitrogens with zero attached hydrogens (tertiary/aromatic N) is 2. The van der Waals surface area contributed by atoms with Crippen molar-refractivity contribution in [1.29, 1.82) is 0 Å². The van der Waals surface area contributed by atoms with E-state index in [0.29, 0.717) is 24.6 Å². The van der Waals surface area contributed by atoms with Crippen molar-refractivity contribution in [2.45, 2.75) is 38.6 Å². The lowest BCUT2D eigenvalue weighted by Crippen LogP contribution is -2.27. The van der Waals surface area contributed by atoms with Gasteiger partial charge in [0.05, 0.1) is 6.04 Å². The van der Waals surface area contributed by atoms with E-state index in [1.807, 2.05) is 41.9 Å². The summed E-state index contributed by atoms with van der Waals surface area (Å²) < 4.78 is 5.61. The van der Waals surface area contributed by atoms with Gasteiger partial charge in [0.1, 0.15) is 0 Å². The Balaban J connectivity index is 1.32. The van der Waals surface area contributed by atoms with Crippen LogP contribution in [0.15, 0.2) is 39.4 Å². The molecule has 0 fully saturated rings. The van der Waals surface area contributed by atoms with Crippen LogP contribution in [0.4, 0.5) is 5.69 Å². The third kappa shape index (κ3) is 4.12. The first-order chi connectivity index (χ1) is 13.6. The highest BCUT2D eigenvalue weighted by Gasteiger charge is 2.17. The number of benzene rings is 1. The Bertz CT molecular complexity index is 997. The number of thiophene rings is 1. The van der Waals surface area contributed by atoms with Crippen molar-refractivity contribution in [2.24, 2.45) is 0 Å². The summed E-state index contributed by atoms with van der Waals surface area (Å²) in [6.45, 7) is 1.95. The van der Waals surface area contributed by atoms with E-state index in [-0.39, 0.29) is 24.3 Å². The van der Waals surface area contributed by atoms with E-state index < -0.39 is 0 Å². The zero-order chi connectivity index (χ0) is 19.5. The van der Waals surface area contributed by atoms with Gasteiger partial charge in [-0.15, -0.1) is 10.2 Å². The molecule has 28 heavy (non-hydrogen) atoms. The number of rotatable bonds is 6. The van der Waals surface area contributed by atoms with Crippen molar-refractivity contribution in [2.75, 3.05) is 5.32 Å². The molecule has 0 saturated heterocycles. The van der Waals surface area contributed by atoms with Gasteiger partial charge >= 0.3 is 0 Å². The van der Waals surface area contributed by atoms with Crippen molar-refractivity contribution in [3.8, 4) is 11.5 Å². The minimum absolute atomic E-state index is 0.0461. The molecule has 7 nitrogen and oxygen atoms in total. The highest BCUT2D eigenvalue weighted by atomic mass is 32.1. The molecule has 1 atom stereocenters. The quantitative estimate of drug-likeness (QED) is 0.665. The van der Waals surface area contributed by atoms with Gasteiger partial charge in [0.25, 0.3) is 0 Å². The maximum atomic E-state index is 12.3. The summed E-state index contributed by atoms with van der Waals surface area (Å²) in [6, 6.07) is 7.67. The Morgan fingerprint density at radius 3 is 3.04 bits per heavy atom. The fraction of sp³-hybridized carbons (Fsp3) is 0.300. The SMILES string of the molecule is C[C@@H](NC(=O)CCc1nnc(-c2ccsc2)o1)c1ccc2c(c1)CCC(=O)N2. The molecule has 0 spiro atoms. The highest BCUT2D eigenvalue weighted by Crippen LogP contribution is 2.26. The second-order valence-electron chi connectivity index (χ2n) is 6.77. The van der Waals surface area contributed by atoms with Gasteiger partial charge in [0, 0.05) is 35.9 Å². The molecule has 144 valence electrons. The van der Waals surface area contributed by atoms with E-state index in [4.69, 9.17) is 4.42 Å². The Kier molecular flexibility index (Phi) is 5.21. The summed E-state index contributed by atoms with van der Waals surface area (Å²) in [5, 5.41) is 17.8. The molecule has 1 aromatic carbocycles. The van der Waals surface area contributed by atoms with E-state index in [9.17, 15) is 9.59 Å². The summed E-state index contributed by atoms with van der Waals surface area (Å²) in [7, 11) is 0. The van der Waals surface area contributed by atoms with Crippen molar-refractivity contribution in [1.82, 2.24) is 15.5 Å². The molecule has 3 aromatic rings. The number of anilines is 1. The molecule has 1 aliphatic heterocycles. The Hall–Kier alpha value is -3.00. The number of hydrogen-bond acceptors (Lipinski definition) is 6. The number of nitrogens with one attached hydrogen (secondary N) is 2. The molecule has 0 radical (unpaired) electrons. The van der Waals surface area contributed by atoms with Crippen molar-refractivity contribution in [3.05, 3.63) is 52.0 Å². The van der Waals surface area contributed by atoms with Crippen LogP contribution in [0.25, 0.3) is 11.5 Å². The van der Waals surface area contributed by atoms with Gasteiger partial charge in [-0.3, -0.25) is 9.59 Å². The van der Waals surface area contributed by atoms with Gasteiger partial charge in [-0.1, -0.05) is 12.1 Å². The van der Waals surface area contributed by atoms with E-state index in [0.717, 1.165) is 28.8 Å². The largest absolute Gasteiger partial charge is 0.421 e. The first-order valence-electron chi connectivity index (χ1n) is 9.15. The fourth-order valence-corrected chi connectivity index (χ4v) is 3.78. The molecule has 2 amide bonds. The van der Waals surface area contributed by atoms with Crippen molar-refractivity contribution >= 4 is 28.8 Å². The molecule has 2 aromatic heterocycles. The number of carbonyl (C=O) groups excluding carboxylic acids is 2. The summed E-state index contributed by atoms with van der Waals surface area (Å²) in [4.78, 5) is 23.8. The predicted molar refractivity (Wildman–Crippen MR) is 106 cm³/mol. The van der Waals surface area contributed by atoms with E-state index in [1.165, 1.54) is 0 Å². The lowest BCUT2D eigenvalue weighted by Gasteiger charge is -2.20. The fourth-order valence-electron chi connectivity index (χ4n) is 3.15. The van der Waals surface area contributed by atoms with Crippen LogP contribution in [-0.2, 0) is 22.4 Å². The molecule has 1 aliphatic rings. The number of aryl methyl sites for hydroxylation is 2. The topological polar surface area (TPSA) is 97.1 Å². The lowest BCUT2D eigenvalue weighted by molar-refractivity contribution is -0.121. The number of hydrogen-bond donors (Lipinski definition) is 2. The summed E-state index contributed by atoms with van der Waals surface area (Å²) in [5.41, 5.74) is 3.87. The molecular weight excluding hydrogens is 376 g/mol. The van der Waals surface area contributed by atoms with Crippen LogP contribution in [0.5, 0.6) is 0 Å². The number of aromatic nitrogens is 2. The maximum absolute atomic E-state index is 12.3. The molecular formula is C20H20N4O3S.